The van der Waals surface area contributed by atoms with Crippen molar-refractivity contribution in [3.8, 4) is 17.7 Å². The van der Waals surface area contributed by atoms with Gasteiger partial charge in [0.05, 0.1) is 42.8 Å². The Kier molecular flexibility index (Phi) is 8.41. The Hall–Kier alpha value is -2.97. The van der Waals surface area contributed by atoms with Crippen LogP contribution in [0.4, 0.5) is 11.8 Å². The number of hydrogen-bond donors (Lipinski definition) is 5. The number of nitrogens with zero attached hydrogens (tertiary/aromatic N) is 3. The molecule has 33 heavy (non-hydrogen) atoms. The Morgan fingerprint density at radius 3 is 2.48 bits per heavy atom. The van der Waals surface area contributed by atoms with Gasteiger partial charge in [-0.3, -0.25) is 0 Å². The Bertz CT molecular complexity index is 1020. The summed E-state index contributed by atoms with van der Waals surface area (Å²) in [4.78, 5) is 13.4. The van der Waals surface area contributed by atoms with E-state index in [0.717, 1.165) is 11.3 Å². The predicted molar refractivity (Wildman–Crippen MR) is 123 cm³/mol. The molecule has 0 amide bonds. The molecule has 0 bridgehead atoms. The van der Waals surface area contributed by atoms with Crippen LogP contribution in [-0.2, 0) is 4.74 Å². The molecule has 2 heterocycles. The van der Waals surface area contributed by atoms with E-state index in [0.29, 0.717) is 48.5 Å². The first kappa shape index (κ1) is 24.7. The number of aliphatic hydroxyl groups is 3. The zero-order valence-corrected chi connectivity index (χ0v) is 19.3. The number of aliphatic hydroxyl groups excluding tert-OH is 3. The molecule has 0 aromatic carbocycles. The summed E-state index contributed by atoms with van der Waals surface area (Å²) in [6, 6.07) is 3.08. The minimum atomic E-state index is -1.05. The van der Waals surface area contributed by atoms with Crippen molar-refractivity contribution in [3.05, 3.63) is 34.6 Å². The van der Waals surface area contributed by atoms with Crippen molar-refractivity contribution in [2.75, 3.05) is 44.6 Å². The fourth-order valence-electron chi connectivity index (χ4n) is 3.71. The number of ether oxygens (including phenoxy) is 2. The zero-order valence-electron chi connectivity index (χ0n) is 19.3. The molecule has 3 rings (SSSR count). The molecular formula is C23H31N5O5. The first-order valence-electron chi connectivity index (χ1n) is 10.8. The van der Waals surface area contributed by atoms with E-state index in [-0.39, 0.29) is 6.61 Å². The molecule has 0 saturated heterocycles. The van der Waals surface area contributed by atoms with Gasteiger partial charge in [0.25, 0.3) is 0 Å². The number of nitrogens with one attached hydrogen (secondary N) is 2. The van der Waals surface area contributed by atoms with Gasteiger partial charge in [0.1, 0.15) is 11.9 Å². The minimum Gasteiger partial charge on any atom is -0.481 e. The van der Waals surface area contributed by atoms with Crippen molar-refractivity contribution in [1.82, 2.24) is 15.0 Å². The smallest absolute Gasteiger partial charge is 0.225 e. The third-order valence-corrected chi connectivity index (χ3v) is 5.63. The average Bonchev–Trinajstić information content (AvgIpc) is 3.07. The van der Waals surface area contributed by atoms with Gasteiger partial charge in [0.2, 0.25) is 11.8 Å². The lowest BCUT2D eigenvalue weighted by molar-refractivity contribution is 0.00445. The van der Waals surface area contributed by atoms with Gasteiger partial charge in [-0.25, -0.2) is 9.97 Å². The van der Waals surface area contributed by atoms with Gasteiger partial charge < -0.3 is 35.4 Å². The van der Waals surface area contributed by atoms with Crippen molar-refractivity contribution in [3.63, 3.8) is 0 Å². The lowest BCUT2D eigenvalue weighted by atomic mass is 10.1. The van der Waals surface area contributed by atoms with Gasteiger partial charge in [0.15, 0.2) is 0 Å². The van der Waals surface area contributed by atoms with Crippen molar-refractivity contribution in [1.29, 1.82) is 0 Å². The van der Waals surface area contributed by atoms with E-state index < -0.39 is 24.2 Å². The van der Waals surface area contributed by atoms with E-state index in [1.54, 1.807) is 20.3 Å². The van der Waals surface area contributed by atoms with E-state index in [9.17, 15) is 15.3 Å². The summed E-state index contributed by atoms with van der Waals surface area (Å²) in [7, 11) is 3.17. The van der Waals surface area contributed by atoms with Crippen molar-refractivity contribution >= 4 is 11.8 Å². The summed E-state index contributed by atoms with van der Waals surface area (Å²) >= 11 is 0. The number of aryl methyl sites for hydroxylation is 2. The zero-order chi connectivity index (χ0) is 24.0. The maximum absolute atomic E-state index is 10.5. The van der Waals surface area contributed by atoms with Crippen LogP contribution in [0, 0.1) is 31.6 Å². The van der Waals surface area contributed by atoms with Crippen LogP contribution >= 0.6 is 0 Å². The molecule has 1 saturated carbocycles. The molecule has 10 nitrogen and oxygen atoms in total. The second kappa shape index (κ2) is 11.2. The highest BCUT2D eigenvalue weighted by Gasteiger charge is 2.41. The van der Waals surface area contributed by atoms with Gasteiger partial charge in [-0.05, 0) is 26.3 Å². The third kappa shape index (κ3) is 5.89. The number of rotatable bonds is 8. The normalized spacial score (nSPS) is 21.9. The van der Waals surface area contributed by atoms with E-state index in [4.69, 9.17) is 9.47 Å². The van der Waals surface area contributed by atoms with E-state index in [1.807, 2.05) is 19.9 Å². The van der Waals surface area contributed by atoms with E-state index >= 15 is 0 Å². The Labute approximate surface area is 193 Å². The van der Waals surface area contributed by atoms with Crippen LogP contribution in [0.5, 0.6) is 5.88 Å². The standard InChI is InChI=1S/C23H31N5O5/c1-13-15(6-8-19(25-13)33-4)5-7-17-14(2)26-23(24-9-10-32-3)28-22(17)27-18-11-16(12-29)20(30)21(18)31/h6,8,16,18,20-21,29-31H,9-12H2,1-4H3,(H2,24,26,27,28)/t16-,18-,20-,21+/m1/s1. The molecule has 2 aromatic rings. The van der Waals surface area contributed by atoms with Crippen molar-refractivity contribution in [2.45, 2.75) is 38.5 Å². The molecule has 1 aliphatic carbocycles. The summed E-state index contributed by atoms with van der Waals surface area (Å²) in [6.07, 6.45) is -1.67. The summed E-state index contributed by atoms with van der Waals surface area (Å²) in [6.45, 7) is 4.48. The molecule has 0 aliphatic heterocycles. The van der Waals surface area contributed by atoms with Crippen LogP contribution in [0.15, 0.2) is 12.1 Å². The van der Waals surface area contributed by atoms with Crippen LogP contribution in [0.2, 0.25) is 0 Å². The summed E-state index contributed by atoms with van der Waals surface area (Å²) in [5.41, 5.74) is 2.68. The van der Waals surface area contributed by atoms with Gasteiger partial charge in [-0.2, -0.15) is 4.98 Å². The number of methoxy groups -OCH3 is 2. The molecule has 4 atom stereocenters. The SMILES string of the molecule is COCCNc1nc(C)c(C#Cc2ccc(OC)nc2C)c(N[C@@H]2C[C@H](CO)[C@@H](O)[C@H]2O)n1. The molecule has 0 spiro atoms. The topological polar surface area (TPSA) is 142 Å². The minimum absolute atomic E-state index is 0.209. The fraction of sp³-hybridized carbons (Fsp3) is 0.522. The average molecular weight is 458 g/mol. The monoisotopic (exact) mass is 457 g/mol. The van der Waals surface area contributed by atoms with Crippen LogP contribution in [0.25, 0.3) is 0 Å². The molecular weight excluding hydrogens is 426 g/mol. The van der Waals surface area contributed by atoms with Crippen LogP contribution in [0.1, 0.15) is 28.9 Å². The summed E-state index contributed by atoms with van der Waals surface area (Å²) in [5, 5.41) is 36.5. The first-order chi connectivity index (χ1) is 15.9. The maximum atomic E-state index is 10.5. The van der Waals surface area contributed by atoms with Crippen molar-refractivity contribution < 1.29 is 24.8 Å². The van der Waals surface area contributed by atoms with Crippen LogP contribution in [-0.4, -0.2) is 82.5 Å². The van der Waals surface area contributed by atoms with Crippen LogP contribution in [0.3, 0.4) is 0 Å². The molecule has 0 unspecified atom stereocenters. The largest absolute Gasteiger partial charge is 0.481 e. The summed E-state index contributed by atoms with van der Waals surface area (Å²) in [5.74, 6) is 7.18. The molecule has 1 fully saturated rings. The Balaban J connectivity index is 1.95. The molecule has 10 heteroatoms. The van der Waals surface area contributed by atoms with E-state index in [2.05, 4.69) is 37.4 Å². The van der Waals surface area contributed by atoms with Crippen LogP contribution < -0.4 is 15.4 Å². The number of aromatic nitrogens is 3. The number of anilines is 2. The van der Waals surface area contributed by atoms with Gasteiger partial charge in [0, 0.05) is 37.8 Å². The highest BCUT2D eigenvalue weighted by atomic mass is 16.5. The molecule has 1 aliphatic rings. The molecule has 2 aromatic heterocycles. The molecule has 0 radical (unpaired) electrons. The number of hydrogen-bond acceptors (Lipinski definition) is 10. The highest BCUT2D eigenvalue weighted by Crippen LogP contribution is 2.30. The highest BCUT2D eigenvalue weighted by molar-refractivity contribution is 5.61. The predicted octanol–water partition coefficient (Wildman–Crippen LogP) is 0.470. The third-order valence-electron chi connectivity index (χ3n) is 5.63. The van der Waals surface area contributed by atoms with E-state index in [1.165, 1.54) is 0 Å². The van der Waals surface area contributed by atoms with Crippen molar-refractivity contribution in [2.24, 2.45) is 5.92 Å². The molecule has 178 valence electrons. The fourth-order valence-corrected chi connectivity index (χ4v) is 3.71. The van der Waals surface area contributed by atoms with Gasteiger partial charge in [-0.1, -0.05) is 11.8 Å². The maximum Gasteiger partial charge on any atom is 0.225 e. The number of pyridine rings is 1. The second-order valence-electron chi connectivity index (χ2n) is 7.92. The van der Waals surface area contributed by atoms with Gasteiger partial charge >= 0.3 is 0 Å². The quantitative estimate of drug-likeness (QED) is 0.280. The lowest BCUT2D eigenvalue weighted by Crippen LogP contribution is -2.36. The molecule has 5 N–H and O–H groups in total. The first-order valence-corrected chi connectivity index (χ1v) is 10.8. The van der Waals surface area contributed by atoms with Gasteiger partial charge in [-0.15, -0.1) is 0 Å². The summed E-state index contributed by atoms with van der Waals surface area (Å²) < 4.78 is 10.2. The second-order valence-corrected chi connectivity index (χ2v) is 7.92. The Morgan fingerprint density at radius 1 is 1.06 bits per heavy atom. The Morgan fingerprint density at radius 2 is 1.85 bits per heavy atom. The lowest BCUT2D eigenvalue weighted by Gasteiger charge is -2.20.